The minimum absolute atomic E-state index is 0.101. The Hall–Kier alpha value is -0.220. The number of rotatable bonds is 2. The van der Waals surface area contributed by atoms with E-state index < -0.39 is 6.10 Å². The van der Waals surface area contributed by atoms with Crippen molar-refractivity contribution in [2.45, 2.75) is 13.0 Å². The van der Waals surface area contributed by atoms with Gasteiger partial charge in [0.2, 0.25) is 0 Å². The summed E-state index contributed by atoms with van der Waals surface area (Å²) in [5.41, 5.74) is 0. The third-order valence-corrected chi connectivity index (χ3v) is 1.24. The lowest BCUT2D eigenvalue weighted by molar-refractivity contribution is 0.192. The van der Waals surface area contributed by atoms with Gasteiger partial charge in [-0.3, -0.25) is 4.79 Å². The summed E-state index contributed by atoms with van der Waals surface area (Å²) >= 11 is 1.11. The quantitative estimate of drug-likeness (QED) is 0.599. The van der Waals surface area contributed by atoms with Gasteiger partial charge in [0.25, 0.3) is 5.24 Å². The van der Waals surface area contributed by atoms with Crippen molar-refractivity contribution in [1.29, 1.82) is 0 Å². The van der Waals surface area contributed by atoms with E-state index in [0.717, 1.165) is 11.8 Å². The van der Waals surface area contributed by atoms with Gasteiger partial charge < -0.3 is 10.4 Å². The highest BCUT2D eigenvalue weighted by Gasteiger charge is 1.98. The van der Waals surface area contributed by atoms with E-state index in [-0.39, 0.29) is 5.24 Å². The topological polar surface area (TPSA) is 49.3 Å². The van der Waals surface area contributed by atoms with Crippen molar-refractivity contribution >= 4 is 17.0 Å². The van der Waals surface area contributed by atoms with E-state index in [0.29, 0.717) is 6.54 Å². The van der Waals surface area contributed by atoms with Crippen LogP contribution in [-0.2, 0) is 0 Å². The zero-order valence-corrected chi connectivity index (χ0v) is 6.36. The first-order valence-corrected chi connectivity index (χ1v) is 3.89. The number of hydrogen-bond acceptors (Lipinski definition) is 3. The van der Waals surface area contributed by atoms with Gasteiger partial charge in [0.15, 0.2) is 0 Å². The van der Waals surface area contributed by atoms with E-state index in [4.69, 9.17) is 5.11 Å². The molecule has 0 saturated heterocycles. The second kappa shape index (κ2) is 4.64. The number of aliphatic hydroxyl groups excluding tert-OH is 1. The van der Waals surface area contributed by atoms with E-state index in [1.165, 1.54) is 0 Å². The van der Waals surface area contributed by atoms with Gasteiger partial charge in [-0.15, -0.1) is 0 Å². The maximum atomic E-state index is 10.5. The van der Waals surface area contributed by atoms with Crippen molar-refractivity contribution in [1.82, 2.24) is 5.32 Å². The molecule has 4 heteroatoms. The van der Waals surface area contributed by atoms with Crippen LogP contribution in [0.2, 0.25) is 0 Å². The molecule has 1 amide bonds. The van der Waals surface area contributed by atoms with Crippen LogP contribution in [0.4, 0.5) is 4.79 Å². The molecule has 0 fully saturated rings. The van der Waals surface area contributed by atoms with E-state index in [1.54, 1.807) is 13.2 Å². The van der Waals surface area contributed by atoms with Crippen LogP contribution in [0.3, 0.4) is 0 Å². The molecule has 0 radical (unpaired) electrons. The first kappa shape index (κ1) is 8.78. The molecular formula is C5H11NO2S. The maximum absolute atomic E-state index is 10.5. The van der Waals surface area contributed by atoms with Crippen LogP contribution in [0.1, 0.15) is 6.92 Å². The van der Waals surface area contributed by atoms with Gasteiger partial charge in [0, 0.05) is 6.54 Å². The van der Waals surface area contributed by atoms with Crippen LogP contribution in [-0.4, -0.2) is 29.3 Å². The Morgan fingerprint density at radius 1 is 1.89 bits per heavy atom. The Morgan fingerprint density at radius 2 is 2.44 bits per heavy atom. The minimum Gasteiger partial charge on any atom is -0.392 e. The highest BCUT2D eigenvalue weighted by Crippen LogP contribution is 1.91. The van der Waals surface area contributed by atoms with Gasteiger partial charge in [-0.2, -0.15) is 0 Å². The Bertz CT molecular complexity index is 95.0. The first-order chi connectivity index (χ1) is 4.16. The molecule has 1 unspecified atom stereocenters. The number of carbonyl (C=O) groups excluding carboxylic acids is 1. The molecule has 0 aromatic heterocycles. The lowest BCUT2D eigenvalue weighted by Gasteiger charge is -2.03. The number of aliphatic hydroxyl groups is 1. The minimum atomic E-state index is -0.457. The first-order valence-electron chi connectivity index (χ1n) is 2.66. The molecule has 3 nitrogen and oxygen atoms in total. The molecule has 0 aromatic carbocycles. The fraction of sp³-hybridized carbons (Fsp3) is 0.800. The smallest absolute Gasteiger partial charge is 0.278 e. The zero-order valence-electron chi connectivity index (χ0n) is 5.55. The molecule has 0 saturated carbocycles. The fourth-order valence-corrected chi connectivity index (χ4v) is 0.531. The lowest BCUT2D eigenvalue weighted by Crippen LogP contribution is -2.27. The molecule has 0 aromatic rings. The van der Waals surface area contributed by atoms with Crippen molar-refractivity contribution in [3.05, 3.63) is 0 Å². The summed E-state index contributed by atoms with van der Waals surface area (Å²) in [6.07, 6.45) is 1.23. The summed E-state index contributed by atoms with van der Waals surface area (Å²) < 4.78 is 0. The molecule has 0 heterocycles. The fourth-order valence-electron chi connectivity index (χ4n) is 0.303. The lowest BCUT2D eigenvalue weighted by atomic mass is 10.4. The molecule has 2 N–H and O–H groups in total. The van der Waals surface area contributed by atoms with Crippen LogP contribution in [0.5, 0.6) is 0 Å². The predicted octanol–water partition coefficient (Wildman–Crippen LogP) is 0.440. The number of amides is 1. The molecule has 1 atom stereocenters. The van der Waals surface area contributed by atoms with E-state index in [2.05, 4.69) is 5.32 Å². The van der Waals surface area contributed by atoms with Gasteiger partial charge in [-0.25, -0.2) is 0 Å². The van der Waals surface area contributed by atoms with Gasteiger partial charge in [0.05, 0.1) is 6.10 Å². The van der Waals surface area contributed by atoms with E-state index in [9.17, 15) is 4.79 Å². The summed E-state index contributed by atoms with van der Waals surface area (Å²) in [7, 11) is 0. The molecule has 54 valence electrons. The maximum Gasteiger partial charge on any atom is 0.278 e. The van der Waals surface area contributed by atoms with E-state index >= 15 is 0 Å². The van der Waals surface area contributed by atoms with Crippen LogP contribution < -0.4 is 5.32 Å². The predicted molar refractivity (Wildman–Crippen MR) is 38.6 cm³/mol. The summed E-state index contributed by atoms with van der Waals surface area (Å²) in [4.78, 5) is 10.5. The molecule has 9 heavy (non-hydrogen) atoms. The molecule has 0 aliphatic heterocycles. The number of thioether (sulfide) groups is 1. The van der Waals surface area contributed by atoms with Crippen LogP contribution >= 0.6 is 11.8 Å². The van der Waals surface area contributed by atoms with Crippen molar-refractivity contribution in [2.24, 2.45) is 0 Å². The van der Waals surface area contributed by atoms with Gasteiger partial charge in [0.1, 0.15) is 0 Å². The van der Waals surface area contributed by atoms with Crippen molar-refractivity contribution in [3.63, 3.8) is 0 Å². The molecular weight excluding hydrogens is 138 g/mol. The monoisotopic (exact) mass is 149 g/mol. The molecule has 0 aliphatic rings. The van der Waals surface area contributed by atoms with E-state index in [1.807, 2.05) is 0 Å². The second-order valence-corrected chi connectivity index (χ2v) is 2.50. The number of nitrogens with one attached hydrogen (secondary N) is 1. The summed E-state index contributed by atoms with van der Waals surface area (Å²) in [5, 5.41) is 11.1. The van der Waals surface area contributed by atoms with Gasteiger partial charge >= 0.3 is 0 Å². The van der Waals surface area contributed by atoms with Crippen LogP contribution in [0.25, 0.3) is 0 Å². The number of carbonyl (C=O) groups is 1. The molecule has 0 rings (SSSR count). The Morgan fingerprint density at radius 3 is 2.78 bits per heavy atom. The van der Waals surface area contributed by atoms with Crippen molar-refractivity contribution < 1.29 is 9.90 Å². The third-order valence-electron chi connectivity index (χ3n) is 0.727. The van der Waals surface area contributed by atoms with Crippen molar-refractivity contribution in [3.8, 4) is 0 Å². The summed E-state index contributed by atoms with van der Waals surface area (Å²) in [5.74, 6) is 0. The normalized spacial score (nSPS) is 12.8. The van der Waals surface area contributed by atoms with Crippen LogP contribution in [0, 0.1) is 0 Å². The Labute approximate surface area is 58.8 Å². The molecule has 0 bridgehead atoms. The largest absolute Gasteiger partial charge is 0.392 e. The Balaban J connectivity index is 3.17. The average Bonchev–Trinajstić information content (AvgIpc) is 1.83. The highest BCUT2D eigenvalue weighted by atomic mass is 32.2. The second-order valence-electron chi connectivity index (χ2n) is 1.72. The molecule has 0 aliphatic carbocycles. The Kier molecular flexibility index (Phi) is 4.53. The van der Waals surface area contributed by atoms with Crippen molar-refractivity contribution in [2.75, 3.05) is 12.8 Å². The highest BCUT2D eigenvalue weighted by molar-refractivity contribution is 8.12. The summed E-state index contributed by atoms with van der Waals surface area (Å²) in [6.45, 7) is 1.96. The third kappa shape index (κ3) is 5.65. The average molecular weight is 149 g/mol. The summed E-state index contributed by atoms with van der Waals surface area (Å²) in [6, 6.07) is 0. The standard InChI is InChI=1S/C5H11NO2S/c1-4(7)3-6-5(8)9-2/h4,7H,3H2,1-2H3,(H,6,8). The SMILES string of the molecule is CSC(=O)NCC(C)O. The van der Waals surface area contributed by atoms with Gasteiger partial charge in [-0.1, -0.05) is 11.8 Å². The number of hydrogen-bond donors (Lipinski definition) is 2. The van der Waals surface area contributed by atoms with Crippen LogP contribution in [0.15, 0.2) is 0 Å². The van der Waals surface area contributed by atoms with Gasteiger partial charge in [-0.05, 0) is 13.2 Å². The molecule has 0 spiro atoms. The zero-order chi connectivity index (χ0) is 7.28.